The van der Waals surface area contributed by atoms with Crippen LogP contribution in [-0.4, -0.2) is 73.1 Å². The van der Waals surface area contributed by atoms with Crippen LogP contribution < -0.4 is 15.4 Å². The van der Waals surface area contributed by atoms with E-state index in [0.717, 1.165) is 34.8 Å². The van der Waals surface area contributed by atoms with Crippen LogP contribution in [0.15, 0.2) is 48.7 Å². The molecule has 5 rings (SSSR count). The molecule has 4 aromatic rings. The SMILES string of the molecule is CCC(C)(C)c1nnc2ccc(O[C@@H]3CC[C@H](NC(=O)Nc4cc(C(C)(C)C)nc(C(=O)CCCN(C)CCO)n4)c4ccccc43)cn12. The van der Waals surface area contributed by atoms with Crippen LogP contribution in [0.5, 0.6) is 5.75 Å². The second kappa shape index (κ2) is 15.0. The average Bonchev–Trinajstić information content (AvgIpc) is 3.50. The monoisotopic (exact) mass is 670 g/mol. The van der Waals surface area contributed by atoms with E-state index in [0.29, 0.717) is 38.0 Å². The minimum absolute atomic E-state index is 0.0688. The summed E-state index contributed by atoms with van der Waals surface area (Å²) >= 11 is 0. The number of likely N-dealkylation sites (N-methyl/N-ethyl adjacent to an activating group) is 1. The van der Waals surface area contributed by atoms with Gasteiger partial charge in [0.05, 0.1) is 24.5 Å². The van der Waals surface area contributed by atoms with Crippen LogP contribution in [0.1, 0.15) is 119 Å². The number of fused-ring (bicyclic) bond motifs is 2. The molecule has 12 heteroatoms. The van der Waals surface area contributed by atoms with Crippen LogP contribution in [0.3, 0.4) is 0 Å². The Hall–Kier alpha value is -4.42. The summed E-state index contributed by atoms with van der Waals surface area (Å²) in [7, 11) is 1.90. The van der Waals surface area contributed by atoms with Gasteiger partial charge in [-0.1, -0.05) is 65.8 Å². The number of ether oxygens (including phenoxy) is 1. The van der Waals surface area contributed by atoms with Gasteiger partial charge >= 0.3 is 6.03 Å². The number of pyridine rings is 1. The number of anilines is 1. The molecule has 3 N–H and O–H groups in total. The van der Waals surface area contributed by atoms with Crippen LogP contribution in [0.2, 0.25) is 0 Å². The summed E-state index contributed by atoms with van der Waals surface area (Å²) in [6.45, 7) is 13.8. The number of aliphatic hydroxyl groups is 1. The highest BCUT2D eigenvalue weighted by atomic mass is 16.5. The smallest absolute Gasteiger partial charge is 0.320 e. The molecule has 0 aliphatic heterocycles. The van der Waals surface area contributed by atoms with E-state index in [9.17, 15) is 9.59 Å². The maximum absolute atomic E-state index is 13.4. The zero-order valence-corrected chi connectivity index (χ0v) is 29.8. The number of aliphatic hydroxyl groups excluding tert-OH is 1. The molecule has 2 atom stereocenters. The Morgan fingerprint density at radius 2 is 1.78 bits per heavy atom. The maximum atomic E-state index is 13.4. The van der Waals surface area contributed by atoms with Crippen LogP contribution in [0.4, 0.5) is 10.6 Å². The van der Waals surface area contributed by atoms with Gasteiger partial charge < -0.3 is 20.1 Å². The Balaban J connectivity index is 1.29. The lowest BCUT2D eigenvalue weighted by atomic mass is 9.85. The van der Waals surface area contributed by atoms with E-state index in [2.05, 4.69) is 51.6 Å². The zero-order chi connectivity index (χ0) is 35.3. The fraction of sp³-hybridized carbons (Fsp3) is 0.514. The number of amides is 2. The number of aromatic nitrogens is 5. The molecule has 12 nitrogen and oxygen atoms in total. The number of carbonyl (C=O) groups is 2. The fourth-order valence-corrected chi connectivity index (χ4v) is 5.98. The maximum Gasteiger partial charge on any atom is 0.320 e. The van der Waals surface area contributed by atoms with Gasteiger partial charge in [0.2, 0.25) is 0 Å². The van der Waals surface area contributed by atoms with Crippen molar-refractivity contribution in [1.29, 1.82) is 0 Å². The van der Waals surface area contributed by atoms with Gasteiger partial charge in [-0.25, -0.2) is 14.8 Å². The fourth-order valence-electron chi connectivity index (χ4n) is 5.98. The first kappa shape index (κ1) is 35.9. The Morgan fingerprint density at radius 3 is 2.49 bits per heavy atom. The number of benzene rings is 1. The molecule has 0 unspecified atom stereocenters. The van der Waals surface area contributed by atoms with E-state index in [1.54, 1.807) is 6.07 Å². The predicted octanol–water partition coefficient (Wildman–Crippen LogP) is 6.17. The van der Waals surface area contributed by atoms with Crippen molar-refractivity contribution < 1.29 is 19.4 Å². The summed E-state index contributed by atoms with van der Waals surface area (Å²) in [6, 6.07) is 13.0. The van der Waals surface area contributed by atoms with Crippen LogP contribution >= 0.6 is 0 Å². The highest BCUT2D eigenvalue weighted by Gasteiger charge is 2.31. The highest BCUT2D eigenvalue weighted by molar-refractivity contribution is 5.94. The number of ketones is 1. The number of urea groups is 1. The largest absolute Gasteiger partial charge is 0.484 e. The molecule has 3 aromatic heterocycles. The van der Waals surface area contributed by atoms with E-state index in [1.807, 2.05) is 79.7 Å². The molecule has 262 valence electrons. The number of hydrogen-bond acceptors (Lipinski definition) is 9. The summed E-state index contributed by atoms with van der Waals surface area (Å²) < 4.78 is 8.59. The molecular weight excluding hydrogens is 620 g/mol. The summed E-state index contributed by atoms with van der Waals surface area (Å²) in [5.41, 5.74) is 2.95. The van der Waals surface area contributed by atoms with Gasteiger partial charge in [-0.2, -0.15) is 0 Å². The average molecular weight is 671 g/mol. The van der Waals surface area contributed by atoms with Crippen molar-refractivity contribution in [3.8, 4) is 5.75 Å². The highest BCUT2D eigenvalue weighted by Crippen LogP contribution is 2.39. The second-order valence-corrected chi connectivity index (χ2v) is 14.6. The third-order valence-corrected chi connectivity index (χ3v) is 9.29. The predicted molar refractivity (Wildman–Crippen MR) is 189 cm³/mol. The van der Waals surface area contributed by atoms with Gasteiger partial charge in [0, 0.05) is 29.9 Å². The van der Waals surface area contributed by atoms with Crippen LogP contribution in [0, 0.1) is 0 Å². The second-order valence-electron chi connectivity index (χ2n) is 14.6. The lowest BCUT2D eigenvalue weighted by molar-refractivity contribution is 0.0964. The minimum atomic E-state index is -0.411. The van der Waals surface area contributed by atoms with Crippen LogP contribution in [0.25, 0.3) is 5.65 Å². The standard InChI is InChI=1S/C37H50N8O4/c1-8-37(5,6)34-43-42-32-18-15-24(23-45(32)34)49-29-17-16-27(25-12-9-10-13-26(25)29)38-35(48)41-31-22-30(36(2,3)4)39-33(40-31)28(47)14-11-19-44(7)20-21-46/h9-10,12-13,15,18,22-23,27,29,46H,8,11,14,16-17,19-21H2,1-7H3,(H2,38,39,40,41,48)/t27-,29+/m0/s1. The summed E-state index contributed by atoms with van der Waals surface area (Å²) in [6.07, 6.45) is 4.94. The van der Waals surface area contributed by atoms with Crippen molar-refractivity contribution in [2.45, 2.75) is 96.6 Å². The van der Waals surface area contributed by atoms with E-state index in [4.69, 9.17) is 9.84 Å². The topological polar surface area (TPSA) is 147 Å². The van der Waals surface area contributed by atoms with Crippen molar-refractivity contribution in [3.63, 3.8) is 0 Å². The van der Waals surface area contributed by atoms with E-state index in [-0.39, 0.29) is 53.4 Å². The van der Waals surface area contributed by atoms with Crippen molar-refractivity contribution in [3.05, 3.63) is 77.1 Å². The number of Topliss-reactive ketones (excluding diaryl/α,β-unsaturated/α-hetero) is 1. The molecule has 1 aliphatic carbocycles. The van der Waals surface area contributed by atoms with Gasteiger partial charge in [-0.15, -0.1) is 10.2 Å². The first-order valence-corrected chi connectivity index (χ1v) is 17.2. The molecule has 1 aromatic carbocycles. The Kier molecular flexibility index (Phi) is 11.0. The molecule has 0 spiro atoms. The van der Waals surface area contributed by atoms with Crippen molar-refractivity contribution in [1.82, 2.24) is 34.8 Å². The molecule has 0 bridgehead atoms. The Labute approximate surface area is 288 Å². The zero-order valence-electron chi connectivity index (χ0n) is 29.8. The first-order valence-electron chi connectivity index (χ1n) is 17.2. The number of nitrogens with one attached hydrogen (secondary N) is 2. The summed E-state index contributed by atoms with van der Waals surface area (Å²) in [4.78, 5) is 37.5. The van der Waals surface area contributed by atoms with E-state index < -0.39 is 6.03 Å². The molecule has 0 radical (unpaired) electrons. The van der Waals surface area contributed by atoms with Gasteiger partial charge in [-0.05, 0) is 62.5 Å². The van der Waals surface area contributed by atoms with Gasteiger partial charge in [0.15, 0.2) is 17.3 Å². The summed E-state index contributed by atoms with van der Waals surface area (Å²) in [5.74, 6) is 1.80. The van der Waals surface area contributed by atoms with Crippen molar-refractivity contribution >= 4 is 23.3 Å². The molecule has 1 aliphatic rings. The third kappa shape index (κ3) is 8.60. The number of nitrogens with zero attached hydrogens (tertiary/aromatic N) is 6. The minimum Gasteiger partial charge on any atom is -0.484 e. The van der Waals surface area contributed by atoms with Gasteiger partial charge in [0.1, 0.15) is 23.5 Å². The van der Waals surface area contributed by atoms with Crippen molar-refractivity contribution in [2.75, 3.05) is 32.1 Å². The van der Waals surface area contributed by atoms with Gasteiger partial charge in [0.25, 0.3) is 0 Å². The number of carbonyl (C=O) groups excluding carboxylic acids is 2. The van der Waals surface area contributed by atoms with E-state index >= 15 is 0 Å². The quantitative estimate of drug-likeness (QED) is 0.142. The Bertz CT molecular complexity index is 1780. The Morgan fingerprint density at radius 1 is 1.02 bits per heavy atom. The molecule has 0 saturated carbocycles. The number of hydrogen-bond donors (Lipinski definition) is 3. The first-order chi connectivity index (χ1) is 23.3. The van der Waals surface area contributed by atoms with Gasteiger partial charge in [-0.3, -0.25) is 14.5 Å². The lowest BCUT2D eigenvalue weighted by Crippen LogP contribution is -2.36. The van der Waals surface area contributed by atoms with Crippen LogP contribution in [-0.2, 0) is 10.8 Å². The number of rotatable bonds is 13. The molecular formula is C37H50N8O4. The molecule has 0 saturated heterocycles. The molecule has 49 heavy (non-hydrogen) atoms. The molecule has 3 heterocycles. The summed E-state index contributed by atoms with van der Waals surface area (Å²) in [5, 5.41) is 23.9. The molecule has 0 fully saturated rings. The molecule has 2 amide bonds. The lowest BCUT2D eigenvalue weighted by Gasteiger charge is -2.32. The normalized spacial score (nSPS) is 16.4. The van der Waals surface area contributed by atoms with E-state index in [1.165, 1.54) is 0 Å². The third-order valence-electron chi connectivity index (χ3n) is 9.29. The van der Waals surface area contributed by atoms with Crippen molar-refractivity contribution in [2.24, 2.45) is 0 Å².